The van der Waals surface area contributed by atoms with Crippen molar-refractivity contribution in [3.63, 3.8) is 0 Å². The van der Waals surface area contributed by atoms with Gasteiger partial charge in [0.15, 0.2) is 0 Å². The number of thiophene rings is 1. The Morgan fingerprint density at radius 3 is 2.83 bits per heavy atom. The van der Waals surface area contributed by atoms with Gasteiger partial charge in [-0.3, -0.25) is 9.59 Å². The summed E-state index contributed by atoms with van der Waals surface area (Å²) in [6.45, 7) is 0.777. The van der Waals surface area contributed by atoms with Crippen LogP contribution in [0.2, 0.25) is 0 Å². The minimum Gasteiger partial charge on any atom is -0.383 e. The number of benzene rings is 1. The van der Waals surface area contributed by atoms with E-state index >= 15 is 0 Å². The molecule has 8 heteroatoms. The SMILES string of the molecule is COCCN1C(=O)c2ccccc2C(C(=O)Nc2ccncn2)C1c1cccs1. The Morgan fingerprint density at radius 2 is 2.10 bits per heavy atom. The van der Waals surface area contributed by atoms with E-state index in [0.717, 1.165) is 10.4 Å². The Balaban J connectivity index is 1.80. The predicted octanol–water partition coefficient (Wildman–Crippen LogP) is 3.10. The van der Waals surface area contributed by atoms with Crippen molar-refractivity contribution in [3.8, 4) is 0 Å². The van der Waals surface area contributed by atoms with E-state index in [1.165, 1.54) is 17.7 Å². The van der Waals surface area contributed by atoms with Gasteiger partial charge >= 0.3 is 0 Å². The van der Waals surface area contributed by atoms with Gasteiger partial charge in [0.05, 0.1) is 18.6 Å². The van der Waals surface area contributed by atoms with Crippen LogP contribution in [0, 0.1) is 0 Å². The summed E-state index contributed by atoms with van der Waals surface area (Å²) < 4.78 is 5.23. The Bertz CT molecular complexity index is 994. The Hall–Kier alpha value is -3.10. The van der Waals surface area contributed by atoms with E-state index in [0.29, 0.717) is 24.5 Å². The van der Waals surface area contributed by atoms with Crippen molar-refractivity contribution in [2.75, 3.05) is 25.6 Å². The number of amides is 2. The maximum Gasteiger partial charge on any atom is 0.254 e. The summed E-state index contributed by atoms with van der Waals surface area (Å²) in [6, 6.07) is 12.4. The number of methoxy groups -OCH3 is 1. The smallest absolute Gasteiger partial charge is 0.254 e. The molecule has 2 atom stereocenters. The van der Waals surface area contributed by atoms with E-state index < -0.39 is 12.0 Å². The maximum atomic E-state index is 13.4. The Morgan fingerprint density at radius 1 is 1.24 bits per heavy atom. The van der Waals surface area contributed by atoms with Crippen molar-refractivity contribution in [2.45, 2.75) is 12.0 Å². The molecule has 0 fully saturated rings. The predicted molar refractivity (Wildman–Crippen MR) is 110 cm³/mol. The summed E-state index contributed by atoms with van der Waals surface area (Å²) in [4.78, 5) is 37.4. The molecule has 29 heavy (non-hydrogen) atoms. The van der Waals surface area contributed by atoms with Crippen LogP contribution in [0.1, 0.15) is 32.8 Å². The minimum atomic E-state index is -0.575. The summed E-state index contributed by atoms with van der Waals surface area (Å²) >= 11 is 1.53. The largest absolute Gasteiger partial charge is 0.383 e. The van der Waals surface area contributed by atoms with Crippen molar-refractivity contribution < 1.29 is 14.3 Å². The third kappa shape index (κ3) is 3.76. The van der Waals surface area contributed by atoms with Crippen molar-refractivity contribution in [1.82, 2.24) is 14.9 Å². The third-order valence-electron chi connectivity index (χ3n) is 4.93. The van der Waals surface area contributed by atoms with E-state index in [9.17, 15) is 9.59 Å². The molecule has 0 saturated heterocycles. The molecule has 0 saturated carbocycles. The molecular weight excluding hydrogens is 388 g/mol. The zero-order valence-electron chi connectivity index (χ0n) is 15.8. The van der Waals surface area contributed by atoms with Gasteiger partial charge in [-0.05, 0) is 29.1 Å². The highest BCUT2D eigenvalue weighted by molar-refractivity contribution is 7.10. The molecule has 2 aromatic heterocycles. The summed E-state index contributed by atoms with van der Waals surface area (Å²) in [5.41, 5.74) is 1.26. The van der Waals surface area contributed by atoms with Gasteiger partial charge in [0, 0.05) is 30.3 Å². The molecule has 1 aliphatic rings. The molecule has 7 nitrogen and oxygen atoms in total. The molecule has 0 aliphatic carbocycles. The number of hydrogen-bond donors (Lipinski definition) is 1. The maximum absolute atomic E-state index is 13.4. The van der Waals surface area contributed by atoms with E-state index in [1.807, 2.05) is 35.7 Å². The van der Waals surface area contributed by atoms with Gasteiger partial charge in [0.2, 0.25) is 5.91 Å². The quantitative estimate of drug-likeness (QED) is 0.678. The number of ether oxygens (including phenoxy) is 1. The molecule has 0 spiro atoms. The number of aromatic nitrogens is 2. The first-order chi connectivity index (χ1) is 14.2. The molecule has 4 rings (SSSR count). The van der Waals surface area contributed by atoms with Crippen LogP contribution < -0.4 is 5.32 Å². The van der Waals surface area contributed by atoms with Crippen molar-refractivity contribution in [3.05, 3.63) is 76.4 Å². The van der Waals surface area contributed by atoms with Crippen molar-refractivity contribution >= 4 is 29.0 Å². The number of rotatable bonds is 6. The number of fused-ring (bicyclic) bond motifs is 1. The second-order valence-corrected chi connectivity index (χ2v) is 7.58. The number of nitrogens with zero attached hydrogens (tertiary/aromatic N) is 3. The summed E-state index contributed by atoms with van der Waals surface area (Å²) in [6.07, 6.45) is 2.96. The van der Waals surface area contributed by atoms with Gasteiger partial charge in [-0.1, -0.05) is 24.3 Å². The van der Waals surface area contributed by atoms with E-state index in [1.54, 1.807) is 30.3 Å². The number of nitrogens with one attached hydrogen (secondary N) is 1. The van der Waals surface area contributed by atoms with Gasteiger partial charge < -0.3 is 15.0 Å². The molecule has 3 heterocycles. The second-order valence-electron chi connectivity index (χ2n) is 6.60. The molecule has 3 aromatic rings. The van der Waals surface area contributed by atoms with Crippen LogP contribution in [-0.4, -0.2) is 46.9 Å². The van der Waals surface area contributed by atoms with Crippen LogP contribution >= 0.6 is 11.3 Å². The fraction of sp³-hybridized carbons (Fsp3) is 0.238. The van der Waals surface area contributed by atoms with Gasteiger partial charge in [0.1, 0.15) is 12.1 Å². The monoisotopic (exact) mass is 408 g/mol. The molecule has 148 valence electrons. The van der Waals surface area contributed by atoms with Crippen molar-refractivity contribution in [1.29, 1.82) is 0 Å². The lowest BCUT2D eigenvalue weighted by Crippen LogP contribution is -2.47. The second kappa shape index (κ2) is 8.50. The first-order valence-electron chi connectivity index (χ1n) is 9.20. The van der Waals surface area contributed by atoms with Crippen LogP contribution in [0.4, 0.5) is 5.82 Å². The Labute approximate surface area is 172 Å². The van der Waals surface area contributed by atoms with Crippen LogP contribution in [-0.2, 0) is 9.53 Å². The molecule has 1 aromatic carbocycles. The lowest BCUT2D eigenvalue weighted by Gasteiger charge is -2.41. The fourth-order valence-electron chi connectivity index (χ4n) is 3.65. The third-order valence-corrected chi connectivity index (χ3v) is 5.87. The lowest BCUT2D eigenvalue weighted by atomic mass is 9.81. The highest BCUT2D eigenvalue weighted by Gasteiger charge is 2.44. The molecule has 0 bridgehead atoms. The number of carbonyl (C=O) groups excluding carboxylic acids is 2. The first kappa shape index (κ1) is 19.2. The van der Waals surface area contributed by atoms with Crippen molar-refractivity contribution in [2.24, 2.45) is 0 Å². The molecule has 1 N–H and O–H groups in total. The highest BCUT2D eigenvalue weighted by atomic mass is 32.1. The van der Waals surface area contributed by atoms with Gasteiger partial charge in [-0.25, -0.2) is 9.97 Å². The zero-order valence-corrected chi connectivity index (χ0v) is 16.6. The van der Waals surface area contributed by atoms with Crippen LogP contribution in [0.25, 0.3) is 0 Å². The number of anilines is 1. The zero-order chi connectivity index (χ0) is 20.2. The number of hydrogen-bond acceptors (Lipinski definition) is 6. The number of carbonyl (C=O) groups is 2. The van der Waals surface area contributed by atoms with E-state index in [-0.39, 0.29) is 11.8 Å². The van der Waals surface area contributed by atoms with Gasteiger partial charge in [0.25, 0.3) is 5.91 Å². The fourth-order valence-corrected chi connectivity index (χ4v) is 4.53. The summed E-state index contributed by atoms with van der Waals surface area (Å²) in [5, 5.41) is 4.83. The highest BCUT2D eigenvalue weighted by Crippen LogP contribution is 2.44. The normalized spacial score (nSPS) is 18.4. The Kier molecular flexibility index (Phi) is 5.64. The van der Waals surface area contributed by atoms with Crippen LogP contribution in [0.5, 0.6) is 0 Å². The molecule has 2 amide bonds. The molecule has 0 radical (unpaired) electrons. The summed E-state index contributed by atoms with van der Waals surface area (Å²) in [7, 11) is 1.60. The first-order valence-corrected chi connectivity index (χ1v) is 10.1. The molecule has 1 aliphatic heterocycles. The summed E-state index contributed by atoms with van der Waals surface area (Å²) in [5.74, 6) is -0.464. The van der Waals surface area contributed by atoms with Crippen LogP contribution in [0.3, 0.4) is 0 Å². The van der Waals surface area contributed by atoms with Gasteiger partial charge in [-0.2, -0.15) is 0 Å². The van der Waals surface area contributed by atoms with E-state index in [4.69, 9.17) is 4.74 Å². The lowest BCUT2D eigenvalue weighted by molar-refractivity contribution is -0.119. The topological polar surface area (TPSA) is 84.4 Å². The standard InChI is InChI=1S/C21H20N4O3S/c1-28-11-10-25-19(16-7-4-12-29-16)18(14-5-2-3-6-15(14)21(25)27)20(26)24-17-8-9-22-13-23-17/h2-9,12-13,18-19H,10-11H2,1H3,(H,22,23,24,26). The van der Waals surface area contributed by atoms with Gasteiger partial charge in [-0.15, -0.1) is 11.3 Å². The van der Waals surface area contributed by atoms with Crippen LogP contribution in [0.15, 0.2) is 60.4 Å². The van der Waals surface area contributed by atoms with E-state index in [2.05, 4.69) is 15.3 Å². The minimum absolute atomic E-state index is 0.0952. The average Bonchev–Trinajstić information content (AvgIpc) is 3.28. The molecular formula is C21H20N4O3S. The average molecular weight is 408 g/mol. The molecule has 2 unspecified atom stereocenters.